The minimum atomic E-state index is -3.88. The van der Waals surface area contributed by atoms with E-state index >= 15 is 0 Å². The second kappa shape index (κ2) is 11.3. The Bertz CT molecular complexity index is 1320. The molecule has 0 saturated carbocycles. The van der Waals surface area contributed by atoms with Gasteiger partial charge in [-0.3, -0.25) is 0 Å². The van der Waals surface area contributed by atoms with Gasteiger partial charge in [0, 0.05) is 8.95 Å². The van der Waals surface area contributed by atoms with Crippen LogP contribution in [0.25, 0.3) is 0 Å². The van der Waals surface area contributed by atoms with E-state index in [1.165, 1.54) is 13.3 Å². The number of benzene rings is 3. The molecule has 34 heavy (non-hydrogen) atoms. The van der Waals surface area contributed by atoms with Gasteiger partial charge in [0.1, 0.15) is 0 Å². The van der Waals surface area contributed by atoms with E-state index in [4.69, 9.17) is 4.74 Å². The molecule has 9 heteroatoms. The molecule has 0 radical (unpaired) electrons. The van der Waals surface area contributed by atoms with Gasteiger partial charge in [-0.1, -0.05) is 55.6 Å². The lowest BCUT2D eigenvalue weighted by Gasteiger charge is -2.20. The number of hydrogen-bond acceptors (Lipinski definition) is 5. The van der Waals surface area contributed by atoms with Crippen molar-refractivity contribution in [3.05, 3.63) is 97.4 Å². The average Bonchev–Trinajstić information content (AvgIpc) is 2.80. The summed E-state index contributed by atoms with van der Waals surface area (Å²) < 4.78 is 34.5. The largest absolute Gasteiger partial charge is 0.465 e. The van der Waals surface area contributed by atoms with Crippen LogP contribution in [0.1, 0.15) is 32.6 Å². The molecule has 0 N–H and O–H groups in total. The normalized spacial score (nSPS) is 11.6. The van der Waals surface area contributed by atoms with Gasteiger partial charge in [-0.2, -0.15) is 17.9 Å². The number of carbonyl (C=O) groups is 1. The third kappa shape index (κ3) is 6.34. The Morgan fingerprint density at radius 1 is 1.03 bits per heavy atom. The lowest BCUT2D eigenvalue weighted by molar-refractivity contribution is 0.0600. The van der Waals surface area contributed by atoms with Crippen LogP contribution in [0.15, 0.2) is 79.6 Å². The fraction of sp³-hybridized carbons (Fsp3) is 0.200. The fourth-order valence-electron chi connectivity index (χ4n) is 3.26. The van der Waals surface area contributed by atoms with E-state index in [-0.39, 0.29) is 11.4 Å². The van der Waals surface area contributed by atoms with Gasteiger partial charge < -0.3 is 4.74 Å². The molecule has 0 amide bonds. The molecule has 3 rings (SSSR count). The monoisotopic (exact) mass is 606 g/mol. The zero-order valence-corrected chi connectivity index (χ0v) is 22.9. The Hall–Kier alpha value is -2.49. The summed E-state index contributed by atoms with van der Waals surface area (Å²) >= 11 is 6.99. The summed E-state index contributed by atoms with van der Waals surface area (Å²) in [6.07, 6.45) is 1.93. The first kappa shape index (κ1) is 26.1. The molecule has 0 saturated heterocycles. The maximum Gasteiger partial charge on any atom is 0.338 e. The summed E-state index contributed by atoms with van der Waals surface area (Å²) in [5.74, 6) is -0.427. The summed E-state index contributed by atoms with van der Waals surface area (Å²) in [6.45, 7) is 3.83. The number of ether oxygens (including phenoxy) is 1. The Kier molecular flexibility index (Phi) is 8.67. The van der Waals surface area contributed by atoms with Crippen molar-refractivity contribution in [1.82, 2.24) is 4.41 Å². The predicted octanol–water partition coefficient (Wildman–Crippen LogP) is 5.88. The molecule has 3 aromatic carbocycles. The number of hydrogen-bond donors (Lipinski definition) is 0. The number of esters is 1. The van der Waals surface area contributed by atoms with Gasteiger partial charge in [0.2, 0.25) is 0 Å². The highest BCUT2D eigenvalue weighted by atomic mass is 79.9. The summed E-state index contributed by atoms with van der Waals surface area (Å²) in [4.78, 5) is 12.0. The Morgan fingerprint density at radius 3 is 2.38 bits per heavy atom. The van der Waals surface area contributed by atoms with Gasteiger partial charge in [0.25, 0.3) is 10.0 Å². The van der Waals surface area contributed by atoms with Gasteiger partial charge >= 0.3 is 5.97 Å². The van der Waals surface area contributed by atoms with Crippen LogP contribution in [-0.4, -0.2) is 38.7 Å². The predicted molar refractivity (Wildman–Crippen MR) is 141 cm³/mol. The number of hydrazone groups is 1. The molecule has 0 aliphatic carbocycles. The fourth-order valence-corrected chi connectivity index (χ4v) is 5.34. The second-order valence-corrected chi connectivity index (χ2v) is 11.3. The molecular formula is C25H24Br2N2O4S. The molecule has 0 aromatic heterocycles. The van der Waals surface area contributed by atoms with Crippen LogP contribution < -0.4 is 0 Å². The highest BCUT2D eigenvalue weighted by Crippen LogP contribution is 2.24. The highest BCUT2D eigenvalue weighted by Gasteiger charge is 2.23. The molecule has 0 fully saturated rings. The quantitative estimate of drug-likeness (QED) is 0.182. The van der Waals surface area contributed by atoms with Crippen molar-refractivity contribution in [3.8, 4) is 0 Å². The first-order chi connectivity index (χ1) is 16.1. The summed E-state index contributed by atoms with van der Waals surface area (Å²) in [5.41, 5.74) is 3.74. The van der Waals surface area contributed by atoms with Gasteiger partial charge in [0.05, 0.1) is 30.3 Å². The third-order valence-electron chi connectivity index (χ3n) is 5.17. The zero-order chi connectivity index (χ0) is 24.9. The van der Waals surface area contributed by atoms with Crippen molar-refractivity contribution in [2.45, 2.75) is 25.2 Å². The minimum absolute atomic E-state index is 0.140. The Labute approximate surface area is 216 Å². The van der Waals surface area contributed by atoms with Gasteiger partial charge in [0.15, 0.2) is 0 Å². The molecule has 0 unspecified atom stereocenters. The second-order valence-electron chi connectivity index (χ2n) is 7.66. The average molecular weight is 608 g/mol. The lowest BCUT2D eigenvalue weighted by Crippen LogP contribution is -2.28. The first-order valence-corrected chi connectivity index (χ1v) is 13.4. The molecule has 0 aliphatic heterocycles. The molecule has 0 bridgehead atoms. The van der Waals surface area contributed by atoms with Crippen molar-refractivity contribution in [1.29, 1.82) is 0 Å². The maximum atomic E-state index is 13.4. The number of carbonyl (C=O) groups excluding carboxylic acids is 1. The van der Waals surface area contributed by atoms with Crippen LogP contribution in [0.2, 0.25) is 0 Å². The van der Waals surface area contributed by atoms with Crippen LogP contribution in [0.3, 0.4) is 0 Å². The summed E-state index contributed by atoms with van der Waals surface area (Å²) in [7, 11) is -2.55. The minimum Gasteiger partial charge on any atom is -0.465 e. The Morgan fingerprint density at radius 2 is 1.74 bits per heavy atom. The van der Waals surface area contributed by atoms with Crippen molar-refractivity contribution >= 4 is 54.1 Å². The van der Waals surface area contributed by atoms with Gasteiger partial charge in [-0.15, -0.1) is 0 Å². The van der Waals surface area contributed by atoms with Crippen LogP contribution in [0.4, 0.5) is 0 Å². The number of halogens is 2. The van der Waals surface area contributed by atoms with Gasteiger partial charge in [-0.25, -0.2) is 4.79 Å². The van der Waals surface area contributed by atoms with E-state index in [0.717, 1.165) is 24.5 Å². The molecule has 0 heterocycles. The smallest absolute Gasteiger partial charge is 0.338 e. The molecule has 0 aliphatic rings. The standard InChI is InChI=1S/C25H24Br2N2O4S/c1-17-4-8-22(9-5-17)34(31,32)29(13-12-20-15-21(26)7-11-24(20)27)28-16-19-6-10-23(18(2)14-19)25(30)33-3/h4-11,14-16H,12-13H2,1-3H3. The van der Waals surface area contributed by atoms with Crippen LogP contribution in [-0.2, 0) is 21.2 Å². The van der Waals surface area contributed by atoms with E-state index in [2.05, 4.69) is 37.0 Å². The highest BCUT2D eigenvalue weighted by molar-refractivity contribution is 9.11. The van der Waals surface area contributed by atoms with E-state index in [9.17, 15) is 13.2 Å². The number of aryl methyl sites for hydroxylation is 2. The SMILES string of the molecule is COC(=O)c1ccc(C=NN(CCc2cc(Br)ccc2Br)S(=O)(=O)c2ccc(C)cc2)cc1C. The van der Waals surface area contributed by atoms with Crippen LogP contribution in [0.5, 0.6) is 0 Å². The van der Waals surface area contributed by atoms with Crippen molar-refractivity contribution in [3.63, 3.8) is 0 Å². The number of sulfonamides is 1. The molecule has 3 aromatic rings. The number of methoxy groups -OCH3 is 1. The van der Waals surface area contributed by atoms with E-state index < -0.39 is 16.0 Å². The lowest BCUT2D eigenvalue weighted by atomic mass is 10.1. The molecule has 0 atom stereocenters. The third-order valence-corrected chi connectivity index (χ3v) is 8.13. The summed E-state index contributed by atoms with van der Waals surface area (Å²) in [6, 6.07) is 17.5. The zero-order valence-electron chi connectivity index (χ0n) is 19.0. The van der Waals surface area contributed by atoms with Gasteiger partial charge in [-0.05, 0) is 79.4 Å². The number of nitrogens with zero attached hydrogens (tertiary/aromatic N) is 2. The Balaban J connectivity index is 1.94. The first-order valence-electron chi connectivity index (χ1n) is 10.4. The molecule has 178 valence electrons. The van der Waals surface area contributed by atoms with E-state index in [0.29, 0.717) is 23.1 Å². The topological polar surface area (TPSA) is 76.0 Å². The maximum absolute atomic E-state index is 13.4. The van der Waals surface area contributed by atoms with Crippen LogP contribution in [0, 0.1) is 13.8 Å². The van der Waals surface area contributed by atoms with E-state index in [1.807, 2.05) is 25.1 Å². The molecular weight excluding hydrogens is 584 g/mol. The summed E-state index contributed by atoms with van der Waals surface area (Å²) in [5, 5.41) is 4.34. The number of rotatable bonds is 8. The van der Waals surface area contributed by atoms with Crippen molar-refractivity contribution in [2.75, 3.05) is 13.7 Å². The van der Waals surface area contributed by atoms with Crippen molar-refractivity contribution in [2.24, 2.45) is 5.10 Å². The molecule has 0 spiro atoms. The van der Waals surface area contributed by atoms with Crippen LogP contribution >= 0.6 is 31.9 Å². The molecule has 6 nitrogen and oxygen atoms in total. The van der Waals surface area contributed by atoms with Crippen molar-refractivity contribution < 1.29 is 17.9 Å². The van der Waals surface area contributed by atoms with E-state index in [1.54, 1.807) is 49.4 Å².